The van der Waals surface area contributed by atoms with Crippen LogP contribution >= 0.6 is 11.6 Å². The van der Waals surface area contributed by atoms with Gasteiger partial charge in [0.1, 0.15) is 0 Å². The molecule has 1 amide bonds. The van der Waals surface area contributed by atoms with E-state index in [1.54, 1.807) is 13.8 Å². The van der Waals surface area contributed by atoms with Gasteiger partial charge in [0.15, 0.2) is 0 Å². The minimum atomic E-state index is -3.65. The summed E-state index contributed by atoms with van der Waals surface area (Å²) < 4.78 is 26.4. The van der Waals surface area contributed by atoms with Gasteiger partial charge in [-0.15, -0.1) is 0 Å². The van der Waals surface area contributed by atoms with Crippen LogP contribution < -0.4 is 5.32 Å². The van der Waals surface area contributed by atoms with E-state index in [0.29, 0.717) is 6.54 Å². The summed E-state index contributed by atoms with van der Waals surface area (Å²) in [5, 5.41) is 3.04. The molecule has 0 heterocycles. The highest BCUT2D eigenvalue weighted by atomic mass is 35.5. The van der Waals surface area contributed by atoms with E-state index in [-0.39, 0.29) is 27.4 Å². The van der Waals surface area contributed by atoms with Crippen LogP contribution in [0.4, 0.5) is 0 Å². The normalized spacial score (nSPS) is 12.0. The second-order valence-corrected chi connectivity index (χ2v) is 8.48. The number of hydrogen-bond donors (Lipinski definition) is 1. The fourth-order valence-electron chi connectivity index (χ4n) is 2.13. The first-order chi connectivity index (χ1) is 11.2. The molecule has 24 heavy (non-hydrogen) atoms. The number of hydrogen-bond acceptors (Lipinski definition) is 3. The third-order valence-electron chi connectivity index (χ3n) is 3.90. The summed E-state index contributed by atoms with van der Waals surface area (Å²) in [4.78, 5) is 12.3. The number of benzene rings is 1. The van der Waals surface area contributed by atoms with Crippen molar-refractivity contribution < 1.29 is 13.2 Å². The molecule has 7 heteroatoms. The lowest BCUT2D eigenvalue weighted by Gasteiger charge is -2.21. The smallest absolute Gasteiger partial charge is 0.252 e. The van der Waals surface area contributed by atoms with Crippen molar-refractivity contribution in [3.63, 3.8) is 0 Å². The van der Waals surface area contributed by atoms with E-state index < -0.39 is 10.0 Å². The van der Waals surface area contributed by atoms with E-state index in [4.69, 9.17) is 11.6 Å². The Labute approximate surface area is 150 Å². The summed E-state index contributed by atoms with van der Waals surface area (Å²) in [7, 11) is -2.13. The van der Waals surface area contributed by atoms with Gasteiger partial charge in [-0.2, -0.15) is 4.31 Å². The number of unbranched alkanes of at least 4 members (excludes halogenated alkanes) is 3. The molecule has 5 nitrogen and oxygen atoms in total. The largest absolute Gasteiger partial charge is 0.352 e. The Hall–Kier alpha value is -1.11. The van der Waals surface area contributed by atoms with Crippen LogP contribution in [-0.2, 0) is 10.0 Å². The maximum atomic E-state index is 12.5. The van der Waals surface area contributed by atoms with Crippen molar-refractivity contribution in [2.24, 2.45) is 0 Å². The molecule has 0 saturated heterocycles. The molecule has 0 aromatic heterocycles. The van der Waals surface area contributed by atoms with E-state index in [2.05, 4.69) is 12.2 Å². The van der Waals surface area contributed by atoms with Crippen molar-refractivity contribution in [2.75, 3.05) is 13.6 Å². The van der Waals surface area contributed by atoms with Crippen molar-refractivity contribution >= 4 is 27.5 Å². The van der Waals surface area contributed by atoms with Crippen LogP contribution in [0.1, 0.15) is 56.8 Å². The van der Waals surface area contributed by atoms with Gasteiger partial charge in [0.2, 0.25) is 10.0 Å². The number of halogens is 1. The molecule has 0 aliphatic heterocycles. The van der Waals surface area contributed by atoms with Gasteiger partial charge in [0.25, 0.3) is 5.91 Å². The van der Waals surface area contributed by atoms with E-state index in [1.165, 1.54) is 29.6 Å². The average molecular weight is 375 g/mol. The number of sulfonamides is 1. The zero-order valence-electron chi connectivity index (χ0n) is 14.8. The quantitative estimate of drug-likeness (QED) is 0.670. The Kier molecular flexibility index (Phi) is 8.19. The molecule has 0 atom stereocenters. The third-order valence-corrected chi connectivity index (χ3v) is 6.26. The van der Waals surface area contributed by atoms with Gasteiger partial charge >= 0.3 is 0 Å². The molecular formula is C17H27ClN2O3S. The molecule has 1 aromatic rings. The van der Waals surface area contributed by atoms with Crippen molar-refractivity contribution in [1.29, 1.82) is 0 Å². The number of nitrogens with one attached hydrogen (secondary N) is 1. The fourth-order valence-corrected chi connectivity index (χ4v) is 3.73. The number of nitrogens with zero attached hydrogens (tertiary/aromatic N) is 1. The van der Waals surface area contributed by atoms with Crippen LogP contribution in [0, 0.1) is 0 Å². The Bertz CT molecular complexity index is 660. The second kappa shape index (κ2) is 9.39. The summed E-state index contributed by atoms with van der Waals surface area (Å²) in [6, 6.07) is 4.04. The van der Waals surface area contributed by atoms with Crippen LogP contribution in [-0.4, -0.2) is 38.3 Å². The lowest BCUT2D eigenvalue weighted by atomic mass is 10.2. The Balaban J connectivity index is 2.92. The van der Waals surface area contributed by atoms with Crippen molar-refractivity contribution in [1.82, 2.24) is 9.62 Å². The fraction of sp³-hybridized carbons (Fsp3) is 0.588. The summed E-state index contributed by atoms with van der Waals surface area (Å²) in [5.41, 5.74) is 0.186. The van der Waals surface area contributed by atoms with Crippen LogP contribution in [0.25, 0.3) is 0 Å². The molecule has 1 aromatic carbocycles. The van der Waals surface area contributed by atoms with Crippen molar-refractivity contribution in [3.8, 4) is 0 Å². The van der Waals surface area contributed by atoms with E-state index in [1.807, 2.05) is 0 Å². The SMILES string of the molecule is CCCCCCNC(=O)c1cc(S(=O)(=O)N(C)C(C)C)ccc1Cl. The summed E-state index contributed by atoms with van der Waals surface area (Å²) in [6.07, 6.45) is 4.21. The highest BCUT2D eigenvalue weighted by Crippen LogP contribution is 2.23. The minimum Gasteiger partial charge on any atom is -0.352 e. The molecule has 1 rings (SSSR count). The van der Waals surface area contributed by atoms with Crippen molar-refractivity contribution in [2.45, 2.75) is 57.4 Å². The van der Waals surface area contributed by atoms with Gasteiger partial charge in [0.05, 0.1) is 15.5 Å². The lowest BCUT2D eigenvalue weighted by molar-refractivity contribution is 0.0953. The highest BCUT2D eigenvalue weighted by Gasteiger charge is 2.24. The molecule has 0 radical (unpaired) electrons. The third kappa shape index (κ3) is 5.46. The van der Waals surface area contributed by atoms with Crippen LogP contribution in [0.5, 0.6) is 0 Å². The standard InChI is InChI=1S/C17H27ClN2O3S/c1-5-6-7-8-11-19-17(21)15-12-14(9-10-16(15)18)24(22,23)20(4)13(2)3/h9-10,12-13H,5-8,11H2,1-4H3,(H,19,21). The highest BCUT2D eigenvalue weighted by molar-refractivity contribution is 7.89. The lowest BCUT2D eigenvalue weighted by Crippen LogP contribution is -2.33. The number of carbonyl (C=O) groups excluding carboxylic acids is 1. The van der Waals surface area contributed by atoms with Gasteiger partial charge in [-0.25, -0.2) is 8.42 Å². The van der Waals surface area contributed by atoms with Crippen molar-refractivity contribution in [3.05, 3.63) is 28.8 Å². The molecule has 0 saturated carbocycles. The molecular weight excluding hydrogens is 348 g/mol. The number of carbonyl (C=O) groups is 1. The van der Waals surface area contributed by atoms with E-state index in [9.17, 15) is 13.2 Å². The molecule has 0 aliphatic carbocycles. The average Bonchev–Trinajstić information content (AvgIpc) is 2.53. The first kappa shape index (κ1) is 20.9. The second-order valence-electron chi connectivity index (χ2n) is 6.07. The number of rotatable bonds is 9. The minimum absolute atomic E-state index is 0.0687. The summed E-state index contributed by atoms with van der Waals surface area (Å²) in [6.45, 7) is 6.26. The first-order valence-electron chi connectivity index (χ1n) is 8.27. The van der Waals surface area contributed by atoms with E-state index in [0.717, 1.165) is 25.7 Å². The maximum Gasteiger partial charge on any atom is 0.252 e. The molecule has 0 aliphatic rings. The predicted octanol–water partition coefficient (Wildman–Crippen LogP) is 3.68. The Morgan fingerprint density at radius 3 is 2.50 bits per heavy atom. The van der Waals surface area contributed by atoms with Gasteiger partial charge in [0, 0.05) is 19.6 Å². The van der Waals surface area contributed by atoms with Gasteiger partial charge in [-0.05, 0) is 38.5 Å². The van der Waals surface area contributed by atoms with Gasteiger partial charge in [-0.1, -0.05) is 37.8 Å². The topological polar surface area (TPSA) is 66.5 Å². The van der Waals surface area contributed by atoms with Gasteiger partial charge in [-0.3, -0.25) is 4.79 Å². The predicted molar refractivity (Wildman–Crippen MR) is 98.0 cm³/mol. The zero-order valence-corrected chi connectivity index (χ0v) is 16.4. The first-order valence-corrected chi connectivity index (χ1v) is 10.1. The van der Waals surface area contributed by atoms with Crippen LogP contribution in [0.2, 0.25) is 5.02 Å². The summed E-state index contributed by atoms with van der Waals surface area (Å²) in [5.74, 6) is -0.347. The molecule has 1 N–H and O–H groups in total. The zero-order chi connectivity index (χ0) is 18.3. The Morgan fingerprint density at radius 1 is 1.25 bits per heavy atom. The molecule has 0 bridgehead atoms. The molecule has 0 unspecified atom stereocenters. The number of amides is 1. The summed E-state index contributed by atoms with van der Waals surface area (Å²) >= 11 is 6.08. The van der Waals surface area contributed by atoms with E-state index >= 15 is 0 Å². The monoisotopic (exact) mass is 374 g/mol. The molecule has 0 spiro atoms. The Morgan fingerprint density at radius 2 is 1.92 bits per heavy atom. The van der Waals surface area contributed by atoms with Crippen LogP contribution in [0.15, 0.2) is 23.1 Å². The van der Waals surface area contributed by atoms with Crippen LogP contribution in [0.3, 0.4) is 0 Å². The molecule has 136 valence electrons. The maximum absolute atomic E-state index is 12.5. The van der Waals surface area contributed by atoms with Gasteiger partial charge < -0.3 is 5.32 Å². The molecule has 0 fully saturated rings.